The zero-order valence-corrected chi connectivity index (χ0v) is 13.6. The Bertz CT molecular complexity index is 745. The second kappa shape index (κ2) is 7.58. The number of hydrogen-bond donors (Lipinski definition) is 2. The third kappa shape index (κ3) is 4.52. The van der Waals surface area contributed by atoms with Gasteiger partial charge >= 0.3 is 0 Å². The summed E-state index contributed by atoms with van der Waals surface area (Å²) in [5.41, 5.74) is 0.368. The maximum atomic E-state index is 13.9. The van der Waals surface area contributed by atoms with Gasteiger partial charge in [0.2, 0.25) is 0 Å². The van der Waals surface area contributed by atoms with E-state index < -0.39 is 16.8 Å². The summed E-state index contributed by atoms with van der Waals surface area (Å²) in [5.74, 6) is -0.712. The molecule has 0 aliphatic carbocycles. The maximum Gasteiger partial charge on any atom is 0.272 e. The van der Waals surface area contributed by atoms with E-state index in [-0.39, 0.29) is 11.4 Å². The topological polar surface area (TPSA) is 96.5 Å². The van der Waals surface area contributed by atoms with Gasteiger partial charge in [0.15, 0.2) is 5.82 Å². The SMILES string of the molecule is O=[N+]([O-])c1ccc(Nc2cnn(C[C@@H](O)CN3CCCC3)c2)c(F)c1. The molecule has 1 fully saturated rings. The van der Waals surface area contributed by atoms with Crippen LogP contribution in [0, 0.1) is 15.9 Å². The number of benzene rings is 1. The summed E-state index contributed by atoms with van der Waals surface area (Å²) in [4.78, 5) is 12.2. The third-order valence-corrected chi connectivity index (χ3v) is 4.14. The molecule has 8 nitrogen and oxygen atoms in total. The van der Waals surface area contributed by atoms with E-state index in [9.17, 15) is 19.6 Å². The summed E-state index contributed by atoms with van der Waals surface area (Å²) in [6.45, 7) is 2.99. The first-order chi connectivity index (χ1) is 12.0. The molecular formula is C16H20FN5O3. The molecule has 2 aromatic rings. The number of rotatable bonds is 7. The van der Waals surface area contributed by atoms with Crippen LogP contribution in [0.25, 0.3) is 0 Å². The molecule has 0 spiro atoms. The van der Waals surface area contributed by atoms with Gasteiger partial charge in [-0.2, -0.15) is 5.10 Å². The number of nitrogens with zero attached hydrogens (tertiary/aromatic N) is 4. The minimum atomic E-state index is -0.712. The number of aliphatic hydroxyl groups is 1. The van der Waals surface area contributed by atoms with Crippen LogP contribution in [0.5, 0.6) is 0 Å². The van der Waals surface area contributed by atoms with Crippen LogP contribution in [0.3, 0.4) is 0 Å². The fourth-order valence-corrected chi connectivity index (χ4v) is 2.94. The average Bonchev–Trinajstić information content (AvgIpc) is 3.21. The van der Waals surface area contributed by atoms with Gasteiger partial charge in [0.05, 0.1) is 41.2 Å². The number of hydrogen-bond acceptors (Lipinski definition) is 6. The number of nitro benzene ring substituents is 1. The van der Waals surface area contributed by atoms with Crippen molar-refractivity contribution in [1.29, 1.82) is 0 Å². The van der Waals surface area contributed by atoms with Gasteiger partial charge in [0.25, 0.3) is 5.69 Å². The monoisotopic (exact) mass is 349 g/mol. The molecule has 1 aliphatic rings. The Morgan fingerprint density at radius 2 is 2.12 bits per heavy atom. The summed E-state index contributed by atoms with van der Waals surface area (Å²) >= 11 is 0. The molecule has 1 aromatic carbocycles. The van der Waals surface area contributed by atoms with Crippen LogP contribution in [0.1, 0.15) is 12.8 Å². The molecule has 1 atom stereocenters. The average molecular weight is 349 g/mol. The van der Waals surface area contributed by atoms with Gasteiger partial charge in [-0.1, -0.05) is 0 Å². The van der Waals surface area contributed by atoms with Crippen molar-refractivity contribution < 1.29 is 14.4 Å². The lowest BCUT2D eigenvalue weighted by Gasteiger charge is -2.19. The molecule has 25 heavy (non-hydrogen) atoms. The van der Waals surface area contributed by atoms with E-state index in [1.54, 1.807) is 10.9 Å². The Morgan fingerprint density at radius 3 is 2.80 bits per heavy atom. The zero-order valence-electron chi connectivity index (χ0n) is 13.6. The molecule has 0 saturated carbocycles. The van der Waals surface area contributed by atoms with Crippen LogP contribution in [0.2, 0.25) is 0 Å². The highest BCUT2D eigenvalue weighted by atomic mass is 19.1. The van der Waals surface area contributed by atoms with Gasteiger partial charge in [-0.15, -0.1) is 0 Å². The van der Waals surface area contributed by atoms with Gasteiger partial charge in [0, 0.05) is 18.8 Å². The molecule has 0 amide bonds. The van der Waals surface area contributed by atoms with E-state index in [0.29, 0.717) is 18.8 Å². The molecule has 9 heteroatoms. The Labute approximate surface area is 144 Å². The first-order valence-corrected chi connectivity index (χ1v) is 8.15. The second-order valence-corrected chi connectivity index (χ2v) is 6.16. The molecule has 2 N–H and O–H groups in total. The van der Waals surface area contributed by atoms with E-state index in [2.05, 4.69) is 15.3 Å². The largest absolute Gasteiger partial charge is 0.390 e. The summed E-state index contributed by atoms with van der Waals surface area (Å²) in [6.07, 6.45) is 4.99. The van der Waals surface area contributed by atoms with Gasteiger partial charge in [-0.3, -0.25) is 14.8 Å². The first-order valence-electron chi connectivity index (χ1n) is 8.15. The lowest BCUT2D eigenvalue weighted by atomic mass is 10.2. The minimum Gasteiger partial charge on any atom is -0.390 e. The molecule has 1 aromatic heterocycles. The van der Waals surface area contributed by atoms with Crippen molar-refractivity contribution in [2.45, 2.75) is 25.5 Å². The molecule has 134 valence electrons. The first kappa shape index (κ1) is 17.3. The quantitative estimate of drug-likeness (QED) is 0.587. The number of β-amino-alcohol motifs (C(OH)–C–C–N with tert-alkyl or cyclic N) is 1. The lowest BCUT2D eigenvalue weighted by Crippen LogP contribution is -2.32. The van der Waals surface area contributed by atoms with E-state index in [1.807, 2.05) is 0 Å². The fourth-order valence-electron chi connectivity index (χ4n) is 2.94. The van der Waals surface area contributed by atoms with Crippen LogP contribution in [-0.2, 0) is 6.54 Å². The van der Waals surface area contributed by atoms with E-state index in [1.165, 1.54) is 31.2 Å². The summed E-state index contributed by atoms with van der Waals surface area (Å²) < 4.78 is 15.5. The summed E-state index contributed by atoms with van der Waals surface area (Å²) in [5, 5.41) is 27.8. The van der Waals surface area contributed by atoms with Crippen molar-refractivity contribution in [1.82, 2.24) is 14.7 Å². The number of aromatic nitrogens is 2. The number of anilines is 2. The maximum absolute atomic E-state index is 13.9. The molecule has 0 unspecified atom stereocenters. The van der Waals surface area contributed by atoms with E-state index in [0.717, 1.165) is 19.2 Å². The van der Waals surface area contributed by atoms with Crippen LogP contribution in [0.4, 0.5) is 21.5 Å². The van der Waals surface area contributed by atoms with Crippen molar-refractivity contribution >= 4 is 17.1 Å². The van der Waals surface area contributed by atoms with Crippen molar-refractivity contribution in [3.05, 3.63) is 46.5 Å². The number of likely N-dealkylation sites (tertiary alicyclic amines) is 1. The highest BCUT2D eigenvalue weighted by molar-refractivity contribution is 5.60. The fraction of sp³-hybridized carbons (Fsp3) is 0.438. The predicted molar refractivity (Wildman–Crippen MR) is 90.2 cm³/mol. The van der Waals surface area contributed by atoms with Crippen molar-refractivity contribution in [2.24, 2.45) is 0 Å². The van der Waals surface area contributed by atoms with Gasteiger partial charge in [-0.25, -0.2) is 4.39 Å². The highest BCUT2D eigenvalue weighted by Gasteiger charge is 2.16. The van der Waals surface area contributed by atoms with Crippen LogP contribution < -0.4 is 5.32 Å². The third-order valence-electron chi connectivity index (χ3n) is 4.14. The van der Waals surface area contributed by atoms with Crippen LogP contribution >= 0.6 is 0 Å². The number of nitrogens with one attached hydrogen (secondary N) is 1. The van der Waals surface area contributed by atoms with Gasteiger partial charge < -0.3 is 15.3 Å². The van der Waals surface area contributed by atoms with Crippen molar-refractivity contribution in [3.8, 4) is 0 Å². The van der Waals surface area contributed by atoms with E-state index in [4.69, 9.17) is 0 Å². The highest BCUT2D eigenvalue weighted by Crippen LogP contribution is 2.23. The smallest absolute Gasteiger partial charge is 0.272 e. The second-order valence-electron chi connectivity index (χ2n) is 6.16. The van der Waals surface area contributed by atoms with Crippen LogP contribution in [-0.4, -0.2) is 50.4 Å². The normalized spacial score (nSPS) is 16.1. The summed E-state index contributed by atoms with van der Waals surface area (Å²) in [7, 11) is 0. The molecule has 0 bridgehead atoms. The van der Waals surface area contributed by atoms with Crippen molar-refractivity contribution in [3.63, 3.8) is 0 Å². The zero-order chi connectivity index (χ0) is 17.8. The molecule has 3 rings (SSSR count). The molecule has 2 heterocycles. The van der Waals surface area contributed by atoms with E-state index >= 15 is 0 Å². The molecular weight excluding hydrogens is 329 g/mol. The standard InChI is InChI=1S/C16H20FN5O3/c17-15-7-13(22(24)25)3-4-16(15)19-12-8-18-21(9-12)11-14(23)10-20-5-1-2-6-20/h3-4,7-9,14,19,23H,1-2,5-6,10-11H2/t14-/m0/s1. The Hall–Kier alpha value is -2.52. The number of aliphatic hydroxyl groups excluding tert-OH is 1. The predicted octanol–water partition coefficient (Wildman–Crippen LogP) is 2.13. The lowest BCUT2D eigenvalue weighted by molar-refractivity contribution is -0.385. The Balaban J connectivity index is 1.58. The molecule has 0 radical (unpaired) electrons. The minimum absolute atomic E-state index is 0.128. The van der Waals surface area contributed by atoms with Crippen LogP contribution in [0.15, 0.2) is 30.6 Å². The Kier molecular flexibility index (Phi) is 5.25. The number of nitro groups is 1. The molecule has 1 aliphatic heterocycles. The number of non-ortho nitro benzene ring substituents is 1. The van der Waals surface area contributed by atoms with Gasteiger partial charge in [-0.05, 0) is 32.0 Å². The van der Waals surface area contributed by atoms with Gasteiger partial charge in [0.1, 0.15) is 0 Å². The Morgan fingerprint density at radius 1 is 1.36 bits per heavy atom. The van der Waals surface area contributed by atoms with Crippen molar-refractivity contribution in [2.75, 3.05) is 25.0 Å². The summed E-state index contributed by atoms with van der Waals surface area (Å²) in [6, 6.07) is 3.41. The molecule has 1 saturated heterocycles. The number of halogens is 1.